The highest BCUT2D eigenvalue weighted by molar-refractivity contribution is 7.92. The second-order valence-corrected chi connectivity index (χ2v) is 10.8. The number of sulfone groups is 2. The summed E-state index contributed by atoms with van der Waals surface area (Å²) in [6.45, 7) is 0. The third kappa shape index (κ3) is 3.02. The van der Waals surface area contributed by atoms with Crippen molar-refractivity contribution in [2.24, 2.45) is 0 Å². The first-order chi connectivity index (χ1) is 9.79. The Morgan fingerprint density at radius 3 is 2.38 bits per heavy atom. The normalized spacial score (nSPS) is 23.0. The van der Waals surface area contributed by atoms with Gasteiger partial charge in [0.25, 0.3) is 0 Å². The zero-order chi connectivity index (χ0) is 15.3. The van der Waals surface area contributed by atoms with E-state index in [-0.39, 0.29) is 33.5 Å². The number of hydrogen-bond acceptors (Lipinski definition) is 8. The van der Waals surface area contributed by atoms with Gasteiger partial charge in [0.2, 0.25) is 0 Å². The minimum absolute atomic E-state index is 0.0397. The van der Waals surface area contributed by atoms with Crippen LogP contribution in [0.2, 0.25) is 0 Å². The molecule has 7 nitrogen and oxygen atoms in total. The summed E-state index contributed by atoms with van der Waals surface area (Å²) in [5.74, 6) is 0.297. The summed E-state index contributed by atoms with van der Waals surface area (Å²) < 4.78 is 51.6. The average Bonchev–Trinajstić information content (AvgIpc) is 3.18. The molecule has 2 fully saturated rings. The number of nitrogens with one attached hydrogen (secondary N) is 1. The molecular formula is C11H17N3O4S3. The van der Waals surface area contributed by atoms with Gasteiger partial charge in [-0.3, -0.25) is 0 Å². The Balaban J connectivity index is 1.81. The van der Waals surface area contributed by atoms with E-state index in [1.54, 1.807) is 0 Å². The Labute approximate surface area is 127 Å². The first-order valence-electron chi connectivity index (χ1n) is 6.75. The molecule has 0 atom stereocenters. The van der Waals surface area contributed by atoms with E-state index in [1.165, 1.54) is 0 Å². The number of anilines is 2. The van der Waals surface area contributed by atoms with Crippen LogP contribution in [0.4, 0.5) is 10.8 Å². The molecule has 1 aliphatic heterocycles. The van der Waals surface area contributed by atoms with E-state index in [2.05, 4.69) is 9.69 Å². The van der Waals surface area contributed by atoms with Crippen molar-refractivity contribution >= 4 is 42.0 Å². The van der Waals surface area contributed by atoms with Crippen LogP contribution < -0.4 is 11.1 Å². The van der Waals surface area contributed by atoms with Crippen LogP contribution >= 0.6 is 11.5 Å². The van der Waals surface area contributed by atoms with Crippen LogP contribution in [0.3, 0.4) is 0 Å². The van der Waals surface area contributed by atoms with Gasteiger partial charge in [0.1, 0.15) is 19.7 Å². The lowest BCUT2D eigenvalue weighted by molar-refractivity contribution is 0.559. The van der Waals surface area contributed by atoms with Gasteiger partial charge in [-0.25, -0.2) is 16.8 Å². The molecule has 21 heavy (non-hydrogen) atoms. The van der Waals surface area contributed by atoms with Gasteiger partial charge in [0.05, 0.1) is 16.8 Å². The molecule has 0 spiro atoms. The molecule has 3 rings (SSSR count). The lowest BCUT2D eigenvalue weighted by Gasteiger charge is -2.23. The Morgan fingerprint density at radius 2 is 1.81 bits per heavy atom. The lowest BCUT2D eigenvalue weighted by atomic mass is 10.1. The van der Waals surface area contributed by atoms with Crippen LogP contribution in [-0.2, 0) is 19.7 Å². The third-order valence-corrected chi connectivity index (χ3v) is 8.78. The van der Waals surface area contributed by atoms with Gasteiger partial charge < -0.3 is 11.1 Å². The highest BCUT2D eigenvalue weighted by Gasteiger charge is 2.41. The fraction of sp³-hybridized carbons (Fsp3) is 0.727. The maximum absolute atomic E-state index is 12.4. The van der Waals surface area contributed by atoms with E-state index in [1.807, 2.05) is 0 Å². The molecule has 1 aromatic rings. The quantitative estimate of drug-likeness (QED) is 0.817. The van der Waals surface area contributed by atoms with E-state index in [4.69, 9.17) is 5.73 Å². The van der Waals surface area contributed by atoms with E-state index in [0.717, 1.165) is 11.5 Å². The third-order valence-electron chi connectivity index (χ3n) is 3.81. The van der Waals surface area contributed by atoms with Crippen molar-refractivity contribution in [3.8, 4) is 0 Å². The van der Waals surface area contributed by atoms with Gasteiger partial charge in [-0.1, -0.05) is 0 Å². The molecule has 1 aliphatic carbocycles. The standard InChI is InChI=1S/C11H17N3O4S3/c12-10-9(21(17,18)8-1-2-8)11(19-14-10)13-7-3-5-20(15,16)6-4-7/h7-8,13H,1-6H2,(H2,12,14). The van der Waals surface area contributed by atoms with Crippen LogP contribution in [0.15, 0.2) is 4.90 Å². The molecule has 0 amide bonds. The number of nitrogens with two attached hydrogens (primary N) is 1. The van der Waals surface area contributed by atoms with Gasteiger partial charge in [-0.2, -0.15) is 4.37 Å². The predicted molar refractivity (Wildman–Crippen MR) is 82.0 cm³/mol. The number of nitrogens with zero attached hydrogens (tertiary/aromatic N) is 1. The highest BCUT2D eigenvalue weighted by atomic mass is 32.2. The maximum atomic E-state index is 12.4. The molecule has 0 aromatic carbocycles. The van der Waals surface area contributed by atoms with Crippen LogP contribution in [0, 0.1) is 0 Å². The minimum Gasteiger partial charge on any atom is -0.382 e. The number of rotatable bonds is 4. The van der Waals surface area contributed by atoms with E-state index < -0.39 is 19.7 Å². The molecule has 0 unspecified atom stereocenters. The van der Waals surface area contributed by atoms with Gasteiger partial charge >= 0.3 is 0 Å². The topological polar surface area (TPSA) is 119 Å². The zero-order valence-electron chi connectivity index (χ0n) is 11.3. The largest absolute Gasteiger partial charge is 0.382 e. The van der Waals surface area contributed by atoms with Crippen molar-refractivity contribution in [3.63, 3.8) is 0 Å². The molecule has 2 heterocycles. The molecule has 0 radical (unpaired) electrons. The van der Waals surface area contributed by atoms with Crippen molar-refractivity contribution < 1.29 is 16.8 Å². The van der Waals surface area contributed by atoms with E-state index >= 15 is 0 Å². The van der Waals surface area contributed by atoms with Gasteiger partial charge in [-0.05, 0) is 37.2 Å². The Hall–Kier alpha value is -0.870. The maximum Gasteiger partial charge on any atom is 0.187 e. The molecular weight excluding hydrogens is 334 g/mol. The molecule has 118 valence electrons. The van der Waals surface area contributed by atoms with E-state index in [0.29, 0.717) is 30.7 Å². The summed E-state index contributed by atoms with van der Waals surface area (Å²) in [5.41, 5.74) is 5.73. The monoisotopic (exact) mass is 351 g/mol. The molecule has 3 N–H and O–H groups in total. The van der Waals surface area contributed by atoms with Gasteiger partial charge in [-0.15, -0.1) is 0 Å². The second-order valence-electron chi connectivity index (χ2n) is 5.54. The molecule has 10 heteroatoms. The number of hydrogen-bond donors (Lipinski definition) is 2. The van der Waals surface area contributed by atoms with E-state index in [9.17, 15) is 16.8 Å². The highest BCUT2D eigenvalue weighted by Crippen LogP contribution is 2.41. The van der Waals surface area contributed by atoms with Crippen molar-refractivity contribution in [2.45, 2.75) is 41.9 Å². The van der Waals surface area contributed by atoms with Crippen molar-refractivity contribution in [2.75, 3.05) is 22.6 Å². The summed E-state index contributed by atoms with van der Waals surface area (Å²) in [6, 6.07) is -0.0541. The Morgan fingerprint density at radius 1 is 1.19 bits per heavy atom. The Kier molecular flexibility index (Phi) is 3.65. The average molecular weight is 351 g/mol. The predicted octanol–water partition coefficient (Wildman–Crippen LogP) is 0.651. The van der Waals surface area contributed by atoms with Crippen molar-refractivity contribution in [1.29, 1.82) is 0 Å². The summed E-state index contributed by atoms with van der Waals surface area (Å²) in [4.78, 5) is 0.100. The summed E-state index contributed by atoms with van der Waals surface area (Å²) >= 11 is 1.03. The van der Waals surface area contributed by atoms with Crippen LogP contribution in [0.1, 0.15) is 25.7 Å². The number of aromatic nitrogens is 1. The minimum atomic E-state index is -3.42. The molecule has 1 saturated heterocycles. The second kappa shape index (κ2) is 5.10. The summed E-state index contributed by atoms with van der Waals surface area (Å²) in [6.07, 6.45) is 2.28. The van der Waals surface area contributed by atoms with Crippen molar-refractivity contribution in [3.05, 3.63) is 0 Å². The first kappa shape index (κ1) is 15.0. The smallest absolute Gasteiger partial charge is 0.187 e. The van der Waals surface area contributed by atoms with Crippen LogP contribution in [0.25, 0.3) is 0 Å². The Bertz CT molecular complexity index is 736. The van der Waals surface area contributed by atoms with Crippen LogP contribution in [-0.4, -0.2) is 44.0 Å². The van der Waals surface area contributed by atoms with Crippen LogP contribution in [0.5, 0.6) is 0 Å². The zero-order valence-corrected chi connectivity index (χ0v) is 13.7. The number of nitrogen functional groups attached to an aromatic ring is 1. The molecule has 0 bridgehead atoms. The first-order valence-corrected chi connectivity index (χ1v) is 10.9. The van der Waals surface area contributed by atoms with Crippen molar-refractivity contribution in [1.82, 2.24) is 4.37 Å². The summed E-state index contributed by atoms with van der Waals surface area (Å²) in [7, 11) is -6.36. The van der Waals surface area contributed by atoms with Gasteiger partial charge in [0.15, 0.2) is 15.7 Å². The summed E-state index contributed by atoms with van der Waals surface area (Å²) in [5, 5.41) is 3.23. The lowest BCUT2D eigenvalue weighted by Crippen LogP contribution is -2.32. The van der Waals surface area contributed by atoms with Gasteiger partial charge in [0, 0.05) is 6.04 Å². The fourth-order valence-corrected chi connectivity index (χ4v) is 6.87. The molecule has 2 aliphatic rings. The SMILES string of the molecule is Nc1nsc(NC2CCS(=O)(=O)CC2)c1S(=O)(=O)C1CC1. The fourth-order valence-electron chi connectivity index (χ4n) is 2.43. The molecule has 1 saturated carbocycles. The molecule has 1 aromatic heterocycles.